The number of morpholine rings is 1. The molecule has 1 aliphatic heterocycles. The van der Waals surface area contributed by atoms with Gasteiger partial charge in [-0.15, -0.1) is 0 Å². The molecule has 1 aliphatic carbocycles. The van der Waals surface area contributed by atoms with Crippen LogP contribution in [0.4, 0.5) is 0 Å². The standard InChI is InChI=1S/C13H25NO3/c1-13(2)9-14(7-10(8-15)17-13)11-5-3-4-6-12(11)16/h10-12,15-16H,3-9H2,1-2H3/t10?,11-,12-/m1/s1. The zero-order chi connectivity index (χ0) is 12.5. The Morgan fingerprint density at radius 1 is 1.29 bits per heavy atom. The van der Waals surface area contributed by atoms with Gasteiger partial charge in [-0.25, -0.2) is 0 Å². The second kappa shape index (κ2) is 5.22. The predicted molar refractivity (Wildman–Crippen MR) is 65.9 cm³/mol. The molecule has 0 aromatic rings. The third-order valence-electron chi connectivity index (χ3n) is 3.87. The van der Waals surface area contributed by atoms with Crippen molar-refractivity contribution in [3.63, 3.8) is 0 Å². The first-order chi connectivity index (χ1) is 8.02. The van der Waals surface area contributed by atoms with Crippen molar-refractivity contribution in [2.45, 2.75) is 63.4 Å². The number of rotatable bonds is 2. The van der Waals surface area contributed by atoms with E-state index < -0.39 is 0 Å². The second-order valence-electron chi connectivity index (χ2n) is 6.03. The molecule has 0 aromatic carbocycles. The van der Waals surface area contributed by atoms with Crippen LogP contribution in [0.2, 0.25) is 0 Å². The van der Waals surface area contributed by atoms with Gasteiger partial charge in [-0.3, -0.25) is 4.90 Å². The van der Waals surface area contributed by atoms with Crippen LogP contribution in [0.15, 0.2) is 0 Å². The molecule has 17 heavy (non-hydrogen) atoms. The molecule has 1 unspecified atom stereocenters. The lowest BCUT2D eigenvalue weighted by Gasteiger charge is -2.47. The summed E-state index contributed by atoms with van der Waals surface area (Å²) in [6.07, 6.45) is 3.98. The summed E-state index contributed by atoms with van der Waals surface area (Å²) in [5, 5.41) is 19.4. The first-order valence-electron chi connectivity index (χ1n) is 6.72. The van der Waals surface area contributed by atoms with Crippen LogP contribution in [-0.4, -0.2) is 58.7 Å². The third kappa shape index (κ3) is 3.19. The first-order valence-corrected chi connectivity index (χ1v) is 6.72. The fourth-order valence-corrected chi connectivity index (χ4v) is 3.21. The molecule has 2 fully saturated rings. The van der Waals surface area contributed by atoms with Crippen molar-refractivity contribution in [3.8, 4) is 0 Å². The molecule has 0 spiro atoms. The highest BCUT2D eigenvalue weighted by atomic mass is 16.5. The molecule has 1 heterocycles. The second-order valence-corrected chi connectivity index (χ2v) is 6.03. The quantitative estimate of drug-likeness (QED) is 0.752. The largest absolute Gasteiger partial charge is 0.394 e. The molecule has 2 rings (SSSR count). The maximum atomic E-state index is 10.1. The number of aliphatic hydroxyl groups excluding tert-OH is 2. The summed E-state index contributed by atoms with van der Waals surface area (Å²) in [4.78, 5) is 2.31. The van der Waals surface area contributed by atoms with Crippen LogP contribution >= 0.6 is 0 Å². The lowest BCUT2D eigenvalue weighted by Crippen LogP contribution is -2.59. The summed E-state index contributed by atoms with van der Waals surface area (Å²) in [6.45, 7) is 5.74. The SMILES string of the molecule is CC1(C)CN([C@@H]2CCCC[C@H]2O)CC(CO)O1. The van der Waals surface area contributed by atoms with Crippen molar-refractivity contribution in [2.24, 2.45) is 0 Å². The highest BCUT2D eigenvalue weighted by molar-refractivity contribution is 4.91. The molecule has 1 saturated heterocycles. The van der Waals surface area contributed by atoms with E-state index in [2.05, 4.69) is 18.7 Å². The van der Waals surface area contributed by atoms with Crippen LogP contribution in [0.1, 0.15) is 39.5 Å². The molecular weight excluding hydrogens is 218 g/mol. The van der Waals surface area contributed by atoms with E-state index in [0.29, 0.717) is 0 Å². The Hall–Kier alpha value is -0.160. The number of hydrogen-bond acceptors (Lipinski definition) is 4. The van der Waals surface area contributed by atoms with Gasteiger partial charge in [-0.05, 0) is 26.7 Å². The van der Waals surface area contributed by atoms with Gasteiger partial charge in [-0.2, -0.15) is 0 Å². The highest BCUT2D eigenvalue weighted by Gasteiger charge is 2.38. The highest BCUT2D eigenvalue weighted by Crippen LogP contribution is 2.29. The summed E-state index contributed by atoms with van der Waals surface area (Å²) in [6, 6.07) is 0.251. The Labute approximate surface area is 104 Å². The molecule has 0 aromatic heterocycles. The van der Waals surface area contributed by atoms with E-state index in [4.69, 9.17) is 4.74 Å². The summed E-state index contributed by atoms with van der Waals surface area (Å²) in [7, 11) is 0. The Morgan fingerprint density at radius 2 is 2.00 bits per heavy atom. The van der Waals surface area contributed by atoms with E-state index in [1.54, 1.807) is 0 Å². The van der Waals surface area contributed by atoms with Gasteiger partial charge in [0.2, 0.25) is 0 Å². The Balaban J connectivity index is 2.03. The van der Waals surface area contributed by atoms with E-state index >= 15 is 0 Å². The van der Waals surface area contributed by atoms with Crippen LogP contribution in [0.25, 0.3) is 0 Å². The summed E-state index contributed by atoms with van der Waals surface area (Å²) >= 11 is 0. The van der Waals surface area contributed by atoms with Crippen LogP contribution in [0, 0.1) is 0 Å². The molecule has 0 bridgehead atoms. The van der Waals surface area contributed by atoms with Gasteiger partial charge in [0, 0.05) is 19.1 Å². The van der Waals surface area contributed by atoms with Gasteiger partial charge in [0.25, 0.3) is 0 Å². The van der Waals surface area contributed by atoms with Gasteiger partial charge in [0.1, 0.15) is 0 Å². The van der Waals surface area contributed by atoms with Gasteiger partial charge >= 0.3 is 0 Å². The molecule has 0 amide bonds. The Bertz CT molecular complexity index is 257. The summed E-state index contributed by atoms with van der Waals surface area (Å²) in [5.74, 6) is 0. The van der Waals surface area contributed by atoms with E-state index in [0.717, 1.165) is 32.4 Å². The van der Waals surface area contributed by atoms with Crippen molar-refractivity contribution in [2.75, 3.05) is 19.7 Å². The van der Waals surface area contributed by atoms with Crippen LogP contribution in [0.5, 0.6) is 0 Å². The fourth-order valence-electron chi connectivity index (χ4n) is 3.21. The minimum atomic E-state index is -0.233. The summed E-state index contributed by atoms with van der Waals surface area (Å²) < 4.78 is 5.81. The van der Waals surface area contributed by atoms with E-state index in [1.807, 2.05) is 0 Å². The molecule has 100 valence electrons. The molecule has 3 atom stereocenters. The smallest absolute Gasteiger partial charge is 0.0940 e. The summed E-state index contributed by atoms with van der Waals surface area (Å²) in [5.41, 5.74) is -0.233. The van der Waals surface area contributed by atoms with Crippen molar-refractivity contribution in [1.29, 1.82) is 0 Å². The Kier molecular flexibility index (Phi) is 4.08. The predicted octanol–water partition coefficient (Wildman–Crippen LogP) is 0.762. The van der Waals surface area contributed by atoms with Gasteiger partial charge in [0.15, 0.2) is 0 Å². The number of hydrogen-bond donors (Lipinski definition) is 2. The van der Waals surface area contributed by atoms with Gasteiger partial charge in [-0.1, -0.05) is 12.8 Å². The zero-order valence-corrected chi connectivity index (χ0v) is 10.9. The van der Waals surface area contributed by atoms with E-state index in [-0.39, 0.29) is 30.5 Å². The molecule has 1 saturated carbocycles. The van der Waals surface area contributed by atoms with Crippen LogP contribution in [0.3, 0.4) is 0 Å². The van der Waals surface area contributed by atoms with Crippen molar-refractivity contribution >= 4 is 0 Å². The van der Waals surface area contributed by atoms with E-state index in [9.17, 15) is 10.2 Å². The molecule has 4 nitrogen and oxygen atoms in total. The van der Waals surface area contributed by atoms with Crippen molar-refractivity contribution in [1.82, 2.24) is 4.90 Å². The van der Waals surface area contributed by atoms with Crippen LogP contribution < -0.4 is 0 Å². The average Bonchev–Trinajstić information content (AvgIpc) is 2.27. The molecule has 0 radical (unpaired) electrons. The number of aliphatic hydroxyl groups is 2. The maximum Gasteiger partial charge on any atom is 0.0940 e. The number of ether oxygens (including phenoxy) is 1. The molecular formula is C13H25NO3. The van der Waals surface area contributed by atoms with Crippen molar-refractivity contribution in [3.05, 3.63) is 0 Å². The van der Waals surface area contributed by atoms with Crippen molar-refractivity contribution < 1.29 is 14.9 Å². The minimum absolute atomic E-state index is 0.0583. The first kappa shape index (κ1) is 13.3. The lowest BCUT2D eigenvalue weighted by molar-refractivity contribution is -0.167. The Morgan fingerprint density at radius 3 is 2.65 bits per heavy atom. The monoisotopic (exact) mass is 243 g/mol. The normalized spacial score (nSPS) is 39.2. The molecule has 4 heteroatoms. The zero-order valence-electron chi connectivity index (χ0n) is 10.9. The lowest BCUT2D eigenvalue weighted by atomic mass is 9.89. The van der Waals surface area contributed by atoms with Crippen LogP contribution in [-0.2, 0) is 4.74 Å². The molecule has 2 aliphatic rings. The van der Waals surface area contributed by atoms with Gasteiger partial charge < -0.3 is 14.9 Å². The number of nitrogens with zero attached hydrogens (tertiary/aromatic N) is 1. The third-order valence-corrected chi connectivity index (χ3v) is 3.87. The fraction of sp³-hybridized carbons (Fsp3) is 1.00. The topological polar surface area (TPSA) is 52.9 Å². The molecule has 2 N–H and O–H groups in total. The van der Waals surface area contributed by atoms with Gasteiger partial charge in [0.05, 0.1) is 24.4 Å². The van der Waals surface area contributed by atoms with E-state index in [1.165, 1.54) is 6.42 Å². The minimum Gasteiger partial charge on any atom is -0.394 e. The average molecular weight is 243 g/mol. The maximum absolute atomic E-state index is 10.1.